The molecule has 0 unspecified atom stereocenters. The lowest BCUT2D eigenvalue weighted by Crippen LogP contribution is -2.46. The molecule has 0 radical (unpaired) electrons. The summed E-state index contributed by atoms with van der Waals surface area (Å²) in [5.41, 5.74) is 6.26. The van der Waals surface area contributed by atoms with Crippen LogP contribution in [0.25, 0.3) is 0 Å². The molecule has 1 fully saturated rings. The van der Waals surface area contributed by atoms with Crippen molar-refractivity contribution in [2.75, 3.05) is 71.9 Å². The molecular formula is C26H44N4. The average molecular weight is 413 g/mol. The van der Waals surface area contributed by atoms with Gasteiger partial charge in [-0.2, -0.15) is 0 Å². The van der Waals surface area contributed by atoms with Crippen molar-refractivity contribution in [2.24, 2.45) is 0 Å². The van der Waals surface area contributed by atoms with Crippen molar-refractivity contribution >= 4 is 5.69 Å². The van der Waals surface area contributed by atoms with Gasteiger partial charge < -0.3 is 19.6 Å². The number of aryl methyl sites for hydroxylation is 2. The van der Waals surface area contributed by atoms with E-state index in [1.807, 2.05) is 19.1 Å². The zero-order chi connectivity index (χ0) is 22.7. The zero-order valence-corrected chi connectivity index (χ0v) is 20.5. The van der Waals surface area contributed by atoms with E-state index in [4.69, 9.17) is 0 Å². The standard InChI is InChI=1S/C14H22N2.C12H22N2/c1-4-15-7-9-16(10-8-15)14-11-12(2)5-6-13(14)3;1-11(2)7-8-12(3)14(6)10-9-13(4)5/h5-6,11H,4,7-10H2,1-3H3;7-8H,1,3,9-10H2,2,4-6H3/b;8-7-. The molecule has 0 saturated carbocycles. The molecule has 0 aromatic heterocycles. The molecule has 168 valence electrons. The highest BCUT2D eigenvalue weighted by atomic mass is 15.3. The number of anilines is 1. The van der Waals surface area contributed by atoms with Gasteiger partial charge in [0.05, 0.1) is 0 Å². The second-order valence-electron chi connectivity index (χ2n) is 8.61. The van der Waals surface area contributed by atoms with Gasteiger partial charge in [-0.3, -0.25) is 0 Å². The largest absolute Gasteiger partial charge is 0.374 e. The SMILES string of the molecule is C=C(C)/C=C\C(=C)N(C)CCN(C)C.CCN1CCN(c2cc(C)ccc2C)CC1. The number of benzene rings is 1. The lowest BCUT2D eigenvalue weighted by atomic mass is 10.1. The molecule has 1 saturated heterocycles. The van der Waals surface area contributed by atoms with E-state index in [0.29, 0.717) is 0 Å². The van der Waals surface area contributed by atoms with E-state index in [1.165, 1.54) is 36.4 Å². The fourth-order valence-corrected chi connectivity index (χ4v) is 3.22. The Balaban J connectivity index is 0.000000304. The molecule has 4 nitrogen and oxygen atoms in total. The molecule has 0 atom stereocenters. The van der Waals surface area contributed by atoms with Crippen molar-refractivity contribution in [1.82, 2.24) is 14.7 Å². The quantitative estimate of drug-likeness (QED) is 0.580. The first kappa shape index (κ1) is 26.0. The molecule has 1 aliphatic heterocycles. The fraction of sp³-hybridized carbons (Fsp3) is 0.538. The van der Waals surface area contributed by atoms with Crippen molar-refractivity contribution < 1.29 is 0 Å². The van der Waals surface area contributed by atoms with Crippen LogP contribution in [-0.2, 0) is 0 Å². The maximum absolute atomic E-state index is 3.98. The third-order valence-corrected chi connectivity index (χ3v) is 5.46. The summed E-state index contributed by atoms with van der Waals surface area (Å²) >= 11 is 0. The van der Waals surface area contributed by atoms with Crippen molar-refractivity contribution in [2.45, 2.75) is 27.7 Å². The molecule has 30 heavy (non-hydrogen) atoms. The van der Waals surface area contributed by atoms with E-state index in [0.717, 1.165) is 37.4 Å². The first-order valence-electron chi connectivity index (χ1n) is 11.1. The lowest BCUT2D eigenvalue weighted by molar-refractivity contribution is 0.271. The second-order valence-corrected chi connectivity index (χ2v) is 8.61. The summed E-state index contributed by atoms with van der Waals surface area (Å²) in [6.45, 7) is 24.3. The van der Waals surface area contributed by atoms with Gasteiger partial charge in [0, 0.05) is 57.7 Å². The molecule has 1 aromatic carbocycles. The van der Waals surface area contributed by atoms with Crippen LogP contribution in [0.5, 0.6) is 0 Å². The summed E-state index contributed by atoms with van der Waals surface area (Å²) in [7, 11) is 6.19. The molecule has 1 aromatic rings. The van der Waals surface area contributed by atoms with Crippen molar-refractivity contribution in [3.05, 3.63) is 65.9 Å². The summed E-state index contributed by atoms with van der Waals surface area (Å²) in [5, 5.41) is 0. The molecule has 0 bridgehead atoms. The van der Waals surface area contributed by atoms with Gasteiger partial charge in [0.15, 0.2) is 0 Å². The van der Waals surface area contributed by atoms with Crippen LogP contribution in [-0.4, -0.2) is 81.7 Å². The number of piperazine rings is 1. The third-order valence-electron chi connectivity index (χ3n) is 5.46. The first-order valence-corrected chi connectivity index (χ1v) is 11.1. The lowest BCUT2D eigenvalue weighted by Gasteiger charge is -2.36. The molecule has 4 heteroatoms. The predicted molar refractivity (Wildman–Crippen MR) is 135 cm³/mol. The highest BCUT2D eigenvalue weighted by Gasteiger charge is 2.16. The summed E-state index contributed by atoms with van der Waals surface area (Å²) in [6, 6.07) is 6.74. The summed E-state index contributed by atoms with van der Waals surface area (Å²) in [6.07, 6.45) is 3.98. The van der Waals surface area contributed by atoms with Gasteiger partial charge in [-0.05, 0) is 64.7 Å². The van der Waals surface area contributed by atoms with E-state index in [1.54, 1.807) is 0 Å². The van der Waals surface area contributed by atoms with Crippen LogP contribution in [0.4, 0.5) is 5.69 Å². The Morgan fingerprint density at radius 1 is 1.00 bits per heavy atom. The summed E-state index contributed by atoms with van der Waals surface area (Å²) in [4.78, 5) is 9.34. The monoisotopic (exact) mass is 412 g/mol. The molecule has 2 rings (SSSR count). The van der Waals surface area contributed by atoms with Gasteiger partial charge in [0.25, 0.3) is 0 Å². The summed E-state index contributed by atoms with van der Waals surface area (Å²) in [5.74, 6) is 0. The molecule has 1 aliphatic rings. The highest BCUT2D eigenvalue weighted by Crippen LogP contribution is 2.22. The maximum Gasteiger partial charge on any atom is 0.0399 e. The van der Waals surface area contributed by atoms with E-state index in [9.17, 15) is 0 Å². The number of allylic oxidation sites excluding steroid dienone is 3. The molecule has 1 heterocycles. The van der Waals surface area contributed by atoms with Gasteiger partial charge in [-0.25, -0.2) is 0 Å². The van der Waals surface area contributed by atoms with E-state index in [-0.39, 0.29) is 0 Å². The van der Waals surface area contributed by atoms with Crippen LogP contribution in [0.1, 0.15) is 25.0 Å². The topological polar surface area (TPSA) is 13.0 Å². The Kier molecular flexibility index (Phi) is 11.5. The van der Waals surface area contributed by atoms with Gasteiger partial charge >= 0.3 is 0 Å². The van der Waals surface area contributed by atoms with Gasteiger partial charge in [0.2, 0.25) is 0 Å². The smallest absolute Gasteiger partial charge is 0.0399 e. The minimum Gasteiger partial charge on any atom is -0.374 e. The average Bonchev–Trinajstić information content (AvgIpc) is 2.72. The number of hydrogen-bond donors (Lipinski definition) is 0. The van der Waals surface area contributed by atoms with E-state index in [2.05, 4.69) is 92.9 Å². The molecule has 0 amide bonds. The third kappa shape index (κ3) is 9.64. The van der Waals surface area contributed by atoms with E-state index >= 15 is 0 Å². The van der Waals surface area contributed by atoms with Crippen molar-refractivity contribution in [3.8, 4) is 0 Å². The second kappa shape index (κ2) is 13.3. The predicted octanol–water partition coefficient (Wildman–Crippen LogP) is 4.57. The van der Waals surface area contributed by atoms with Crippen LogP contribution >= 0.6 is 0 Å². The maximum atomic E-state index is 3.98. The van der Waals surface area contributed by atoms with Gasteiger partial charge in [-0.15, -0.1) is 0 Å². The van der Waals surface area contributed by atoms with Crippen molar-refractivity contribution in [3.63, 3.8) is 0 Å². The van der Waals surface area contributed by atoms with Crippen LogP contribution in [0.15, 0.2) is 54.8 Å². The first-order chi connectivity index (χ1) is 14.1. The Bertz CT molecular complexity index is 697. The van der Waals surface area contributed by atoms with Crippen LogP contribution in [0, 0.1) is 13.8 Å². The Morgan fingerprint density at radius 3 is 2.17 bits per heavy atom. The fourth-order valence-electron chi connectivity index (χ4n) is 3.22. The summed E-state index contributed by atoms with van der Waals surface area (Å²) < 4.78 is 0. The van der Waals surface area contributed by atoms with Crippen LogP contribution < -0.4 is 4.90 Å². The van der Waals surface area contributed by atoms with Crippen molar-refractivity contribution in [1.29, 1.82) is 0 Å². The molecular weight excluding hydrogens is 368 g/mol. The molecule has 0 aliphatic carbocycles. The number of hydrogen-bond acceptors (Lipinski definition) is 4. The Morgan fingerprint density at radius 2 is 1.63 bits per heavy atom. The minimum atomic E-state index is 0.992. The Hall–Kier alpha value is -2.04. The zero-order valence-electron chi connectivity index (χ0n) is 20.5. The number of rotatable bonds is 8. The highest BCUT2D eigenvalue weighted by molar-refractivity contribution is 5.55. The molecule has 0 spiro atoms. The van der Waals surface area contributed by atoms with E-state index < -0.39 is 0 Å². The number of likely N-dealkylation sites (N-methyl/N-ethyl adjacent to an activating group) is 3. The molecule has 0 N–H and O–H groups in total. The van der Waals surface area contributed by atoms with Crippen LogP contribution in [0.3, 0.4) is 0 Å². The van der Waals surface area contributed by atoms with Crippen LogP contribution in [0.2, 0.25) is 0 Å². The Labute approximate surface area is 186 Å². The van der Waals surface area contributed by atoms with Gasteiger partial charge in [-0.1, -0.05) is 43.9 Å². The minimum absolute atomic E-state index is 0.992. The normalized spacial score (nSPS) is 14.6. The van der Waals surface area contributed by atoms with Gasteiger partial charge in [0.1, 0.15) is 0 Å². The number of nitrogens with zero attached hydrogens (tertiary/aromatic N) is 4.